The average molecular weight is 191 g/mol. The summed E-state index contributed by atoms with van der Waals surface area (Å²) in [6.07, 6.45) is 1.06. The van der Waals surface area contributed by atoms with Crippen LogP contribution < -0.4 is 5.32 Å². The van der Waals surface area contributed by atoms with Crippen LogP contribution in [0.15, 0.2) is 36.9 Å². The van der Waals surface area contributed by atoms with Crippen molar-refractivity contribution in [1.82, 2.24) is 0 Å². The molecule has 0 bridgehead atoms. The van der Waals surface area contributed by atoms with E-state index in [2.05, 4.69) is 11.9 Å². The van der Waals surface area contributed by atoms with Crippen LogP contribution >= 0.6 is 0 Å². The summed E-state index contributed by atoms with van der Waals surface area (Å²) in [5.74, 6) is 0. The number of nitrogens with one attached hydrogen (secondary N) is 1. The molecule has 0 heterocycles. The number of anilines is 1. The predicted octanol–water partition coefficient (Wildman–Crippen LogP) is 2.73. The van der Waals surface area contributed by atoms with Crippen molar-refractivity contribution in [2.24, 2.45) is 0 Å². The zero-order valence-electron chi connectivity index (χ0n) is 8.12. The number of ether oxygens (including phenoxy) is 1. The molecule has 0 unspecified atom stereocenters. The van der Waals surface area contributed by atoms with E-state index in [4.69, 9.17) is 4.74 Å². The van der Waals surface area contributed by atoms with Crippen LogP contribution in [0.1, 0.15) is 5.56 Å². The van der Waals surface area contributed by atoms with Crippen LogP contribution in [0.3, 0.4) is 0 Å². The first-order chi connectivity index (χ1) is 6.72. The summed E-state index contributed by atoms with van der Waals surface area (Å²) in [5, 5.41) is 2.60. The van der Waals surface area contributed by atoms with E-state index in [9.17, 15) is 4.79 Å². The summed E-state index contributed by atoms with van der Waals surface area (Å²) in [6.45, 7) is 5.65. The van der Waals surface area contributed by atoms with Gasteiger partial charge in [0.15, 0.2) is 0 Å². The first-order valence-electron chi connectivity index (χ1n) is 4.33. The highest BCUT2D eigenvalue weighted by atomic mass is 16.5. The third-order valence-corrected chi connectivity index (χ3v) is 1.63. The summed E-state index contributed by atoms with van der Waals surface area (Å²) >= 11 is 0. The number of benzene rings is 1. The Kier molecular flexibility index (Phi) is 3.73. The molecule has 3 heteroatoms. The van der Waals surface area contributed by atoms with E-state index in [-0.39, 0.29) is 6.61 Å². The van der Waals surface area contributed by atoms with Gasteiger partial charge in [-0.05, 0) is 19.1 Å². The Bertz CT molecular complexity index is 317. The van der Waals surface area contributed by atoms with Gasteiger partial charge >= 0.3 is 6.09 Å². The van der Waals surface area contributed by atoms with Crippen molar-refractivity contribution in [1.29, 1.82) is 0 Å². The molecule has 0 saturated carbocycles. The summed E-state index contributed by atoms with van der Waals surface area (Å²) in [7, 11) is 0. The lowest BCUT2D eigenvalue weighted by Crippen LogP contribution is -2.13. The Morgan fingerprint density at radius 1 is 1.50 bits per heavy atom. The summed E-state index contributed by atoms with van der Waals surface area (Å²) in [6, 6.07) is 7.49. The lowest BCUT2D eigenvalue weighted by atomic mass is 10.2. The summed E-state index contributed by atoms with van der Waals surface area (Å²) < 4.78 is 4.76. The molecule has 3 nitrogen and oxygen atoms in total. The van der Waals surface area contributed by atoms with E-state index in [1.165, 1.54) is 6.08 Å². The van der Waals surface area contributed by atoms with Crippen LogP contribution in [0.5, 0.6) is 0 Å². The zero-order chi connectivity index (χ0) is 10.4. The highest BCUT2D eigenvalue weighted by Gasteiger charge is 2.00. The molecule has 0 aliphatic heterocycles. The highest BCUT2D eigenvalue weighted by Crippen LogP contribution is 2.08. The van der Waals surface area contributed by atoms with Gasteiger partial charge in [0, 0.05) is 5.69 Å². The Morgan fingerprint density at radius 2 is 2.14 bits per heavy atom. The van der Waals surface area contributed by atoms with E-state index in [1.54, 1.807) is 0 Å². The van der Waals surface area contributed by atoms with Gasteiger partial charge in [0.25, 0.3) is 0 Å². The number of hydrogen-bond acceptors (Lipinski definition) is 2. The van der Waals surface area contributed by atoms with E-state index < -0.39 is 6.09 Å². The van der Waals surface area contributed by atoms with Gasteiger partial charge in [-0.25, -0.2) is 4.79 Å². The monoisotopic (exact) mass is 191 g/mol. The van der Waals surface area contributed by atoms with Crippen molar-refractivity contribution in [2.45, 2.75) is 6.92 Å². The number of amides is 1. The SMILES string of the molecule is C=CCOC(=O)Nc1ccc(C)cc1. The molecular formula is C11H13NO2. The molecule has 1 amide bonds. The molecule has 1 rings (SSSR count). The molecule has 1 aromatic rings. The fourth-order valence-corrected chi connectivity index (χ4v) is 0.925. The molecule has 0 spiro atoms. The molecule has 0 saturated heterocycles. The van der Waals surface area contributed by atoms with Gasteiger partial charge < -0.3 is 4.74 Å². The molecule has 0 aliphatic carbocycles. The van der Waals surface area contributed by atoms with Gasteiger partial charge in [-0.1, -0.05) is 30.4 Å². The quantitative estimate of drug-likeness (QED) is 0.746. The van der Waals surface area contributed by atoms with Crippen molar-refractivity contribution in [3.8, 4) is 0 Å². The highest BCUT2D eigenvalue weighted by molar-refractivity contribution is 5.84. The summed E-state index contributed by atoms with van der Waals surface area (Å²) in [4.78, 5) is 11.1. The molecule has 74 valence electrons. The van der Waals surface area contributed by atoms with Crippen molar-refractivity contribution in [2.75, 3.05) is 11.9 Å². The molecule has 0 aromatic heterocycles. The normalized spacial score (nSPS) is 9.21. The third kappa shape index (κ3) is 3.31. The average Bonchev–Trinajstić information content (AvgIpc) is 2.18. The molecule has 0 aliphatic rings. The van der Waals surface area contributed by atoms with Crippen LogP contribution in [0.25, 0.3) is 0 Å². The Hall–Kier alpha value is -1.77. The van der Waals surface area contributed by atoms with E-state index in [0.717, 1.165) is 11.3 Å². The molecule has 1 N–H and O–H groups in total. The molecule has 14 heavy (non-hydrogen) atoms. The van der Waals surface area contributed by atoms with E-state index in [1.807, 2.05) is 31.2 Å². The predicted molar refractivity (Wildman–Crippen MR) is 56.3 cm³/mol. The maximum absolute atomic E-state index is 11.1. The minimum absolute atomic E-state index is 0.220. The van der Waals surface area contributed by atoms with Crippen LogP contribution in [0.2, 0.25) is 0 Å². The maximum Gasteiger partial charge on any atom is 0.411 e. The molecule has 0 radical (unpaired) electrons. The molecule has 1 aromatic carbocycles. The van der Waals surface area contributed by atoms with Crippen molar-refractivity contribution in [3.63, 3.8) is 0 Å². The topological polar surface area (TPSA) is 38.3 Å². The smallest absolute Gasteiger partial charge is 0.411 e. The lowest BCUT2D eigenvalue weighted by Gasteiger charge is -2.04. The lowest BCUT2D eigenvalue weighted by molar-refractivity contribution is 0.174. The van der Waals surface area contributed by atoms with Crippen LogP contribution in [-0.4, -0.2) is 12.7 Å². The Labute approximate surface area is 83.4 Å². The minimum Gasteiger partial charge on any atom is -0.445 e. The fourth-order valence-electron chi connectivity index (χ4n) is 0.925. The standard InChI is InChI=1S/C11H13NO2/c1-3-8-14-11(13)12-10-6-4-9(2)5-7-10/h3-7H,1,8H2,2H3,(H,12,13). The van der Waals surface area contributed by atoms with Crippen molar-refractivity contribution in [3.05, 3.63) is 42.5 Å². The third-order valence-electron chi connectivity index (χ3n) is 1.63. The van der Waals surface area contributed by atoms with Crippen molar-refractivity contribution >= 4 is 11.8 Å². The first-order valence-corrected chi connectivity index (χ1v) is 4.33. The molecule has 0 atom stereocenters. The first kappa shape index (κ1) is 10.3. The molecular weight excluding hydrogens is 178 g/mol. The van der Waals surface area contributed by atoms with Crippen LogP contribution in [0, 0.1) is 6.92 Å². The van der Waals surface area contributed by atoms with Crippen LogP contribution in [0.4, 0.5) is 10.5 Å². The van der Waals surface area contributed by atoms with Gasteiger partial charge in [0.05, 0.1) is 0 Å². The zero-order valence-corrected chi connectivity index (χ0v) is 8.12. The van der Waals surface area contributed by atoms with Gasteiger partial charge in [0.2, 0.25) is 0 Å². The van der Waals surface area contributed by atoms with Gasteiger partial charge in [-0.15, -0.1) is 0 Å². The van der Waals surface area contributed by atoms with Gasteiger partial charge in [-0.3, -0.25) is 5.32 Å². The van der Waals surface area contributed by atoms with E-state index in [0.29, 0.717) is 0 Å². The number of rotatable bonds is 3. The number of hydrogen-bond donors (Lipinski definition) is 1. The van der Waals surface area contributed by atoms with Gasteiger partial charge in [0.1, 0.15) is 6.61 Å². The number of carbonyl (C=O) groups excluding carboxylic acids is 1. The second-order valence-electron chi connectivity index (χ2n) is 2.88. The summed E-state index contributed by atoms with van der Waals surface area (Å²) in [5.41, 5.74) is 1.87. The number of carbonyl (C=O) groups is 1. The Morgan fingerprint density at radius 3 is 2.71 bits per heavy atom. The Balaban J connectivity index is 2.47. The maximum atomic E-state index is 11.1. The fraction of sp³-hybridized carbons (Fsp3) is 0.182. The second-order valence-corrected chi connectivity index (χ2v) is 2.88. The van der Waals surface area contributed by atoms with Crippen molar-refractivity contribution < 1.29 is 9.53 Å². The molecule has 0 fully saturated rings. The largest absolute Gasteiger partial charge is 0.445 e. The second kappa shape index (κ2) is 5.07. The van der Waals surface area contributed by atoms with Gasteiger partial charge in [-0.2, -0.15) is 0 Å². The van der Waals surface area contributed by atoms with E-state index >= 15 is 0 Å². The van der Waals surface area contributed by atoms with Crippen LogP contribution in [-0.2, 0) is 4.74 Å². The number of aryl methyl sites for hydroxylation is 1. The minimum atomic E-state index is -0.464.